The first-order valence-electron chi connectivity index (χ1n) is 8.27. The summed E-state index contributed by atoms with van der Waals surface area (Å²) in [6, 6.07) is 0. The smallest absolute Gasteiger partial charge is 0.0701 e. The molecule has 0 aromatic rings. The van der Waals surface area contributed by atoms with Crippen LogP contribution in [0.2, 0.25) is 0 Å². The van der Waals surface area contributed by atoms with Crippen LogP contribution in [0, 0.1) is 5.41 Å². The van der Waals surface area contributed by atoms with Crippen molar-refractivity contribution >= 4 is 0 Å². The normalized spacial score (nSPS) is 16.5. The maximum atomic E-state index is 5.52. The van der Waals surface area contributed by atoms with E-state index in [9.17, 15) is 0 Å². The van der Waals surface area contributed by atoms with Gasteiger partial charge in [-0.25, -0.2) is 0 Å². The summed E-state index contributed by atoms with van der Waals surface area (Å²) in [5.41, 5.74) is 0.626. The predicted octanol–water partition coefficient (Wildman–Crippen LogP) is 2.62. The Hall–Kier alpha value is -0.160. The lowest BCUT2D eigenvalue weighted by Crippen LogP contribution is -2.27. The third kappa shape index (κ3) is 8.90. The van der Waals surface area contributed by atoms with E-state index in [-0.39, 0.29) is 0 Å². The molecular weight excluding hydrogens is 254 g/mol. The van der Waals surface area contributed by atoms with Crippen molar-refractivity contribution in [2.24, 2.45) is 5.41 Å². The zero-order chi connectivity index (χ0) is 14.5. The minimum atomic E-state index is 0.626. The van der Waals surface area contributed by atoms with Crippen molar-refractivity contribution in [3.05, 3.63) is 0 Å². The zero-order valence-electron chi connectivity index (χ0n) is 13.4. The lowest BCUT2D eigenvalue weighted by Gasteiger charge is -2.13. The molecule has 0 aromatic carbocycles. The van der Waals surface area contributed by atoms with E-state index in [2.05, 4.69) is 19.2 Å². The largest absolute Gasteiger partial charge is 0.379 e. The van der Waals surface area contributed by atoms with E-state index < -0.39 is 0 Å². The Kier molecular flexibility index (Phi) is 10.3. The van der Waals surface area contributed by atoms with E-state index in [0.717, 1.165) is 32.7 Å². The molecule has 0 aliphatic heterocycles. The molecule has 1 rings (SSSR count). The molecule has 0 spiro atoms. The number of hydrogen-bond acceptors (Lipinski definition) is 4. The molecule has 0 saturated heterocycles. The summed E-state index contributed by atoms with van der Waals surface area (Å²) in [7, 11) is 0. The molecule has 1 N–H and O–H groups in total. The zero-order valence-corrected chi connectivity index (χ0v) is 13.4. The minimum Gasteiger partial charge on any atom is -0.379 e. The van der Waals surface area contributed by atoms with Gasteiger partial charge in [-0.2, -0.15) is 0 Å². The topological polar surface area (TPSA) is 39.7 Å². The Morgan fingerprint density at radius 2 is 1.45 bits per heavy atom. The summed E-state index contributed by atoms with van der Waals surface area (Å²) in [6.07, 6.45) is 6.41. The van der Waals surface area contributed by atoms with Crippen molar-refractivity contribution in [3.63, 3.8) is 0 Å². The molecule has 4 heteroatoms. The lowest BCUT2D eigenvalue weighted by atomic mass is 10.0. The summed E-state index contributed by atoms with van der Waals surface area (Å²) in [6.45, 7) is 10.9. The Balaban J connectivity index is 1.68. The first-order valence-corrected chi connectivity index (χ1v) is 8.27. The summed E-state index contributed by atoms with van der Waals surface area (Å²) < 4.78 is 16.4. The van der Waals surface area contributed by atoms with E-state index in [1.165, 1.54) is 25.7 Å². The molecule has 0 amide bonds. The second kappa shape index (κ2) is 11.5. The molecule has 120 valence electrons. The molecule has 1 saturated carbocycles. The van der Waals surface area contributed by atoms with Gasteiger partial charge in [0.2, 0.25) is 0 Å². The maximum absolute atomic E-state index is 5.52. The summed E-state index contributed by atoms with van der Waals surface area (Å²) >= 11 is 0. The van der Waals surface area contributed by atoms with Gasteiger partial charge in [0.15, 0.2) is 0 Å². The van der Waals surface area contributed by atoms with Gasteiger partial charge in [-0.3, -0.25) is 0 Å². The van der Waals surface area contributed by atoms with Crippen molar-refractivity contribution in [2.75, 3.05) is 52.7 Å². The van der Waals surface area contributed by atoms with Gasteiger partial charge in [0, 0.05) is 19.7 Å². The second-order valence-corrected chi connectivity index (χ2v) is 5.72. The van der Waals surface area contributed by atoms with E-state index >= 15 is 0 Å². The summed E-state index contributed by atoms with van der Waals surface area (Å²) in [5.74, 6) is 0. The number of rotatable bonds is 15. The molecule has 1 aliphatic carbocycles. The van der Waals surface area contributed by atoms with Gasteiger partial charge in [0.05, 0.1) is 33.0 Å². The monoisotopic (exact) mass is 287 g/mol. The van der Waals surface area contributed by atoms with Crippen molar-refractivity contribution in [1.29, 1.82) is 0 Å². The van der Waals surface area contributed by atoms with Crippen molar-refractivity contribution < 1.29 is 14.2 Å². The molecule has 0 unspecified atom stereocenters. The average molecular weight is 287 g/mol. The van der Waals surface area contributed by atoms with Crippen LogP contribution >= 0.6 is 0 Å². The van der Waals surface area contributed by atoms with E-state index in [1.807, 2.05) is 0 Å². The van der Waals surface area contributed by atoms with Crippen LogP contribution < -0.4 is 5.32 Å². The van der Waals surface area contributed by atoms with Gasteiger partial charge in [-0.15, -0.1) is 0 Å². The first-order chi connectivity index (χ1) is 9.83. The second-order valence-electron chi connectivity index (χ2n) is 5.72. The van der Waals surface area contributed by atoms with Gasteiger partial charge < -0.3 is 19.5 Å². The molecule has 1 fully saturated rings. The highest BCUT2D eigenvalue weighted by atomic mass is 16.5. The Bertz CT molecular complexity index is 220. The molecule has 1 aliphatic rings. The summed E-state index contributed by atoms with van der Waals surface area (Å²) in [5, 5.41) is 3.48. The van der Waals surface area contributed by atoms with Crippen LogP contribution in [0.5, 0.6) is 0 Å². The Labute approximate surface area is 124 Å². The fraction of sp³-hybridized carbons (Fsp3) is 1.00. The molecular formula is C16H33NO3. The molecule has 4 nitrogen and oxygen atoms in total. The van der Waals surface area contributed by atoms with Crippen molar-refractivity contribution in [2.45, 2.75) is 46.0 Å². The van der Waals surface area contributed by atoms with Crippen molar-refractivity contribution in [3.8, 4) is 0 Å². The predicted molar refractivity (Wildman–Crippen MR) is 82.2 cm³/mol. The maximum Gasteiger partial charge on any atom is 0.0701 e. The van der Waals surface area contributed by atoms with Crippen LogP contribution in [0.25, 0.3) is 0 Å². The minimum absolute atomic E-state index is 0.626. The van der Waals surface area contributed by atoms with Crippen LogP contribution in [-0.2, 0) is 14.2 Å². The molecule has 0 bridgehead atoms. The Morgan fingerprint density at radius 3 is 2.00 bits per heavy atom. The highest BCUT2D eigenvalue weighted by Crippen LogP contribution is 2.47. The first kappa shape index (κ1) is 17.9. The lowest BCUT2D eigenvalue weighted by molar-refractivity contribution is 0.0145. The molecule has 0 radical (unpaired) electrons. The molecule has 0 heterocycles. The van der Waals surface area contributed by atoms with Crippen LogP contribution in [0.3, 0.4) is 0 Å². The third-order valence-corrected chi connectivity index (χ3v) is 4.02. The summed E-state index contributed by atoms with van der Waals surface area (Å²) in [4.78, 5) is 0. The van der Waals surface area contributed by atoms with Gasteiger partial charge in [-0.1, -0.05) is 20.3 Å². The number of nitrogens with one attached hydrogen (secondary N) is 1. The van der Waals surface area contributed by atoms with Crippen LogP contribution in [0.15, 0.2) is 0 Å². The van der Waals surface area contributed by atoms with Crippen LogP contribution in [0.1, 0.15) is 46.0 Å². The van der Waals surface area contributed by atoms with Gasteiger partial charge >= 0.3 is 0 Å². The van der Waals surface area contributed by atoms with Gasteiger partial charge in [0.25, 0.3) is 0 Å². The SMILES string of the molecule is CCCCOCCOCCOCCNCC1(CC)CC1. The average Bonchev–Trinajstić information content (AvgIpc) is 3.24. The van der Waals surface area contributed by atoms with E-state index in [1.54, 1.807) is 0 Å². The molecule has 0 aromatic heterocycles. The fourth-order valence-corrected chi connectivity index (χ4v) is 2.12. The van der Waals surface area contributed by atoms with Gasteiger partial charge in [-0.05, 0) is 31.1 Å². The molecule has 0 atom stereocenters. The third-order valence-electron chi connectivity index (χ3n) is 4.02. The van der Waals surface area contributed by atoms with Crippen molar-refractivity contribution in [1.82, 2.24) is 5.32 Å². The highest BCUT2D eigenvalue weighted by molar-refractivity contribution is 4.93. The fourth-order valence-electron chi connectivity index (χ4n) is 2.12. The number of unbranched alkanes of at least 4 members (excludes halogenated alkanes) is 1. The number of hydrogen-bond donors (Lipinski definition) is 1. The Morgan fingerprint density at radius 1 is 0.850 bits per heavy atom. The number of ether oxygens (including phenoxy) is 3. The van der Waals surface area contributed by atoms with E-state index in [4.69, 9.17) is 14.2 Å². The van der Waals surface area contributed by atoms with Gasteiger partial charge in [0.1, 0.15) is 0 Å². The van der Waals surface area contributed by atoms with E-state index in [0.29, 0.717) is 31.8 Å². The van der Waals surface area contributed by atoms with Crippen LogP contribution in [-0.4, -0.2) is 52.7 Å². The molecule has 20 heavy (non-hydrogen) atoms. The quantitative estimate of drug-likeness (QED) is 0.470. The highest BCUT2D eigenvalue weighted by Gasteiger charge is 2.39. The standard InChI is InChI=1S/C16H33NO3/c1-3-5-9-18-11-13-20-14-12-19-10-8-17-15-16(4-2)6-7-16/h17H,3-15H2,1-2H3. The van der Waals surface area contributed by atoms with Crippen LogP contribution in [0.4, 0.5) is 0 Å².